The van der Waals surface area contributed by atoms with Gasteiger partial charge in [-0.25, -0.2) is 4.90 Å². The van der Waals surface area contributed by atoms with Gasteiger partial charge in [0, 0.05) is 0 Å². The second-order valence-corrected chi connectivity index (χ2v) is 10.6. The summed E-state index contributed by atoms with van der Waals surface area (Å²) >= 11 is 0. The molecule has 6 rings (SSSR count). The molecule has 5 heteroatoms. The fraction of sp³-hybridized carbons (Fsp3) is 0.303. The second kappa shape index (κ2) is 8.80. The van der Waals surface area contributed by atoms with Gasteiger partial charge in [0.1, 0.15) is 5.75 Å². The number of imide groups is 1. The summed E-state index contributed by atoms with van der Waals surface area (Å²) in [6.07, 6.45) is 1.23. The predicted molar refractivity (Wildman–Crippen MR) is 147 cm³/mol. The minimum Gasteiger partial charge on any atom is -0.494 e. The predicted octanol–water partition coefficient (Wildman–Crippen LogP) is 6.19. The van der Waals surface area contributed by atoms with Crippen molar-refractivity contribution < 1.29 is 19.1 Å². The van der Waals surface area contributed by atoms with E-state index in [0.29, 0.717) is 30.9 Å². The van der Waals surface area contributed by atoms with Gasteiger partial charge in [0.2, 0.25) is 11.8 Å². The van der Waals surface area contributed by atoms with Crippen LogP contribution in [0.5, 0.6) is 5.75 Å². The number of hydrogen-bond acceptors (Lipinski definition) is 4. The Kier molecular flexibility index (Phi) is 5.64. The molecule has 2 aliphatic carbocycles. The summed E-state index contributed by atoms with van der Waals surface area (Å²) in [5.41, 5.74) is 2.01. The zero-order valence-corrected chi connectivity index (χ0v) is 21.9. The van der Waals surface area contributed by atoms with Crippen molar-refractivity contribution in [2.75, 3.05) is 11.5 Å². The third kappa shape index (κ3) is 3.02. The molecular formula is C33H31NO4. The van der Waals surface area contributed by atoms with E-state index >= 15 is 0 Å². The lowest BCUT2D eigenvalue weighted by Crippen LogP contribution is -2.41. The van der Waals surface area contributed by atoms with Crippen LogP contribution in [0.25, 0.3) is 11.1 Å². The summed E-state index contributed by atoms with van der Waals surface area (Å²) in [4.78, 5) is 44.5. The molecule has 3 aromatic rings. The topological polar surface area (TPSA) is 63.7 Å². The summed E-state index contributed by atoms with van der Waals surface area (Å²) in [5, 5.41) is 0. The van der Waals surface area contributed by atoms with Crippen molar-refractivity contribution in [2.45, 2.75) is 33.6 Å². The van der Waals surface area contributed by atoms with Crippen molar-refractivity contribution in [3.63, 3.8) is 0 Å². The number of hydrogen-bond donors (Lipinski definition) is 0. The number of benzene rings is 3. The van der Waals surface area contributed by atoms with E-state index in [4.69, 9.17) is 4.74 Å². The number of carbonyl (C=O) groups is 3. The van der Waals surface area contributed by atoms with Gasteiger partial charge in [0.15, 0.2) is 5.78 Å². The Labute approximate surface area is 223 Å². The van der Waals surface area contributed by atoms with Gasteiger partial charge in [-0.3, -0.25) is 14.4 Å². The van der Waals surface area contributed by atoms with E-state index in [-0.39, 0.29) is 17.6 Å². The van der Waals surface area contributed by atoms with Crippen LogP contribution in [0.1, 0.15) is 44.7 Å². The van der Waals surface area contributed by atoms with Gasteiger partial charge < -0.3 is 4.74 Å². The number of fused-ring (bicyclic) bond motifs is 5. The van der Waals surface area contributed by atoms with Crippen LogP contribution in [0.3, 0.4) is 0 Å². The zero-order valence-electron chi connectivity index (χ0n) is 21.9. The molecule has 2 amide bonds. The number of ketones is 1. The van der Waals surface area contributed by atoms with E-state index in [9.17, 15) is 14.4 Å². The minimum absolute atomic E-state index is 0.00704. The molecule has 0 N–H and O–H groups in total. The van der Waals surface area contributed by atoms with Crippen LogP contribution in [0.15, 0.2) is 84.9 Å². The van der Waals surface area contributed by atoms with Gasteiger partial charge in [-0.15, -0.1) is 0 Å². The summed E-state index contributed by atoms with van der Waals surface area (Å²) < 4.78 is 5.56. The maximum absolute atomic E-state index is 14.7. The Balaban J connectivity index is 1.59. The number of rotatable bonds is 7. The molecule has 0 aromatic heterocycles. The summed E-state index contributed by atoms with van der Waals surface area (Å²) in [7, 11) is 0. The fourth-order valence-electron chi connectivity index (χ4n) is 7.47. The molecule has 0 spiro atoms. The normalized spacial score (nSPS) is 27.9. The highest BCUT2D eigenvalue weighted by molar-refractivity contribution is 6.34. The van der Waals surface area contributed by atoms with Crippen molar-refractivity contribution in [3.05, 3.63) is 96.1 Å². The Bertz CT molecular complexity index is 1460. The largest absolute Gasteiger partial charge is 0.494 e. The first-order chi connectivity index (χ1) is 18.4. The molecule has 0 radical (unpaired) electrons. The van der Waals surface area contributed by atoms with Gasteiger partial charge in [-0.2, -0.15) is 0 Å². The van der Waals surface area contributed by atoms with E-state index in [2.05, 4.69) is 0 Å². The maximum Gasteiger partial charge on any atom is 0.239 e. The minimum atomic E-state index is -1.11. The average molecular weight is 506 g/mol. The summed E-state index contributed by atoms with van der Waals surface area (Å²) in [6, 6.07) is 26.9. The van der Waals surface area contributed by atoms with Crippen molar-refractivity contribution in [1.29, 1.82) is 0 Å². The van der Waals surface area contributed by atoms with Crippen LogP contribution < -0.4 is 9.64 Å². The standard InChI is InChI=1S/C33H31NO4/c1-4-20-33-26(22-14-10-7-11-15-22)25(21-12-8-6-9-13-21)32(3,31(33)37)27-28(33)30(36)34(29(27)35)23-16-18-24(19-17-23)38-5-2/h6-19,27-28H,4-5,20H2,1-3H3/t27-,28-,32-,33+/m0/s1. The highest BCUT2D eigenvalue weighted by Crippen LogP contribution is 2.74. The van der Waals surface area contributed by atoms with E-state index in [1.165, 1.54) is 4.90 Å². The van der Waals surface area contributed by atoms with Gasteiger partial charge >= 0.3 is 0 Å². The van der Waals surface area contributed by atoms with Gasteiger partial charge in [0.25, 0.3) is 0 Å². The number of allylic oxidation sites excluding steroid dienone is 2. The number of Topliss-reactive ketones (excluding diaryl/α,β-unsaturated/α-hetero) is 1. The average Bonchev–Trinajstić information content (AvgIpc) is 3.40. The van der Waals surface area contributed by atoms with Gasteiger partial charge in [-0.1, -0.05) is 74.0 Å². The molecule has 3 aliphatic rings. The van der Waals surface area contributed by atoms with Crippen LogP contribution in [-0.2, 0) is 14.4 Å². The molecule has 1 aliphatic heterocycles. The Morgan fingerprint density at radius 2 is 1.29 bits per heavy atom. The SMILES string of the molecule is CCC[C@@]12C(=O)[C@@](C)(C(c3ccccc3)=C1c1ccccc1)[C@@H]1C(=O)N(c3ccc(OCC)cc3)C(=O)[C@H]12. The Morgan fingerprint density at radius 3 is 1.84 bits per heavy atom. The third-order valence-corrected chi connectivity index (χ3v) is 8.73. The molecule has 3 aromatic carbocycles. The quantitative estimate of drug-likeness (QED) is 0.359. The van der Waals surface area contributed by atoms with E-state index in [1.54, 1.807) is 24.3 Å². The van der Waals surface area contributed by atoms with E-state index in [1.807, 2.05) is 81.4 Å². The van der Waals surface area contributed by atoms with Crippen molar-refractivity contribution in [3.8, 4) is 5.75 Å². The lowest BCUT2D eigenvalue weighted by Gasteiger charge is -2.37. The number of anilines is 1. The first-order valence-electron chi connectivity index (χ1n) is 13.4. The molecule has 1 heterocycles. The van der Waals surface area contributed by atoms with E-state index < -0.39 is 22.7 Å². The fourth-order valence-corrected chi connectivity index (χ4v) is 7.47. The van der Waals surface area contributed by atoms with Crippen LogP contribution in [-0.4, -0.2) is 24.2 Å². The highest BCUT2D eigenvalue weighted by Gasteiger charge is 2.80. The van der Waals surface area contributed by atoms with Gasteiger partial charge in [-0.05, 0) is 66.8 Å². The zero-order chi connectivity index (χ0) is 26.7. The van der Waals surface area contributed by atoms with Crippen molar-refractivity contribution >= 4 is 34.4 Å². The lowest BCUT2D eigenvalue weighted by molar-refractivity contribution is -0.134. The number of amides is 2. The van der Waals surface area contributed by atoms with Crippen LogP contribution in [0.4, 0.5) is 5.69 Å². The monoisotopic (exact) mass is 505 g/mol. The van der Waals surface area contributed by atoms with Crippen LogP contribution >= 0.6 is 0 Å². The van der Waals surface area contributed by atoms with Crippen LogP contribution in [0.2, 0.25) is 0 Å². The molecule has 1 saturated carbocycles. The first kappa shape index (κ1) is 24.4. The molecule has 192 valence electrons. The Hall–Kier alpha value is -3.99. The van der Waals surface area contributed by atoms with Gasteiger partial charge in [0.05, 0.1) is 35.0 Å². The molecular weight excluding hydrogens is 474 g/mol. The number of ether oxygens (including phenoxy) is 1. The maximum atomic E-state index is 14.7. The smallest absolute Gasteiger partial charge is 0.239 e. The van der Waals surface area contributed by atoms with Crippen molar-refractivity contribution in [1.82, 2.24) is 0 Å². The second-order valence-electron chi connectivity index (χ2n) is 10.6. The molecule has 5 nitrogen and oxygen atoms in total. The van der Waals surface area contributed by atoms with E-state index in [0.717, 1.165) is 22.3 Å². The molecule has 1 saturated heterocycles. The molecule has 0 unspecified atom stereocenters. The molecule has 38 heavy (non-hydrogen) atoms. The Morgan fingerprint density at radius 1 is 0.737 bits per heavy atom. The summed E-state index contributed by atoms with van der Waals surface area (Å²) in [6.45, 7) is 6.38. The molecule has 4 atom stereocenters. The number of carbonyl (C=O) groups excluding carboxylic acids is 3. The van der Waals surface area contributed by atoms with Crippen LogP contribution in [0, 0.1) is 22.7 Å². The molecule has 2 bridgehead atoms. The first-order valence-corrected chi connectivity index (χ1v) is 13.4. The molecule has 2 fully saturated rings. The number of nitrogens with zero attached hydrogens (tertiary/aromatic N) is 1. The summed E-state index contributed by atoms with van der Waals surface area (Å²) in [5.74, 6) is -1.37. The third-order valence-electron chi connectivity index (χ3n) is 8.73. The van der Waals surface area contributed by atoms with Crippen molar-refractivity contribution in [2.24, 2.45) is 22.7 Å². The lowest BCUT2D eigenvalue weighted by atomic mass is 9.61. The highest BCUT2D eigenvalue weighted by atomic mass is 16.5.